The number of hydroxylamine groups is 2. The van der Waals surface area contributed by atoms with Crippen molar-refractivity contribution >= 4 is 23.8 Å². The molecule has 3 rings (SSSR count). The van der Waals surface area contributed by atoms with Crippen LogP contribution in [0.15, 0.2) is 0 Å². The van der Waals surface area contributed by atoms with Crippen LogP contribution in [0.5, 0.6) is 0 Å². The van der Waals surface area contributed by atoms with Crippen LogP contribution in [0, 0.1) is 17.8 Å². The predicted octanol–water partition coefficient (Wildman–Crippen LogP) is 2.65. The minimum atomic E-state index is -1.27. The third kappa shape index (κ3) is 6.86. The van der Waals surface area contributed by atoms with Gasteiger partial charge in [-0.1, -0.05) is 47.0 Å². The van der Waals surface area contributed by atoms with Gasteiger partial charge in [-0.05, 0) is 43.4 Å². The van der Waals surface area contributed by atoms with Gasteiger partial charge in [-0.2, -0.15) is 5.06 Å². The van der Waals surface area contributed by atoms with E-state index in [1.54, 1.807) is 4.90 Å². The van der Waals surface area contributed by atoms with Crippen LogP contribution in [0.3, 0.4) is 0 Å². The van der Waals surface area contributed by atoms with Gasteiger partial charge in [0.2, 0.25) is 11.8 Å². The highest BCUT2D eigenvalue weighted by atomic mass is 16.7. The molecule has 1 saturated carbocycles. The summed E-state index contributed by atoms with van der Waals surface area (Å²) in [4.78, 5) is 60.7. The second kappa shape index (κ2) is 12.1. The van der Waals surface area contributed by atoms with Crippen molar-refractivity contribution in [1.29, 1.82) is 0 Å². The van der Waals surface area contributed by atoms with Crippen molar-refractivity contribution in [1.82, 2.24) is 14.9 Å². The van der Waals surface area contributed by atoms with Crippen LogP contribution < -0.4 is 5.73 Å². The molecule has 1 unspecified atom stereocenters. The molecule has 198 valence electrons. The van der Waals surface area contributed by atoms with Crippen molar-refractivity contribution in [2.45, 2.75) is 97.4 Å². The second-order valence-corrected chi connectivity index (χ2v) is 11.0. The fourth-order valence-electron chi connectivity index (χ4n) is 5.17. The molecule has 10 nitrogen and oxygen atoms in total. The molecule has 2 aliphatic heterocycles. The summed E-state index contributed by atoms with van der Waals surface area (Å²) in [5, 5.41) is 1.07. The van der Waals surface area contributed by atoms with Crippen LogP contribution >= 0.6 is 0 Å². The zero-order valence-corrected chi connectivity index (χ0v) is 21.6. The second-order valence-electron chi connectivity index (χ2n) is 11.0. The Morgan fingerprint density at radius 2 is 1.74 bits per heavy atom. The normalized spacial score (nSPS) is 25.9. The predicted molar refractivity (Wildman–Crippen MR) is 128 cm³/mol. The molecule has 4 amide bonds. The van der Waals surface area contributed by atoms with E-state index in [9.17, 15) is 19.2 Å². The first-order chi connectivity index (χ1) is 16.6. The minimum absolute atomic E-state index is 0.131. The lowest BCUT2D eigenvalue weighted by Gasteiger charge is -2.52. The Hall–Kier alpha value is -2.36. The number of hydrogen-bond donors (Lipinski definition) is 1. The number of hydrogen-bond acceptors (Lipinski definition) is 6. The van der Waals surface area contributed by atoms with E-state index in [4.69, 9.17) is 15.3 Å². The monoisotopic (exact) mass is 494 g/mol. The van der Waals surface area contributed by atoms with Crippen LogP contribution in [0.4, 0.5) is 4.79 Å². The number of primary amides is 1. The Labute approximate surface area is 208 Å². The van der Waals surface area contributed by atoms with E-state index >= 15 is 0 Å². The quantitative estimate of drug-likeness (QED) is 0.526. The number of carbonyl (C=O) groups excluding carboxylic acids is 4. The summed E-state index contributed by atoms with van der Waals surface area (Å²) in [6, 6.07) is -0.749. The lowest BCUT2D eigenvalue weighted by atomic mass is 9.90. The third-order valence-electron chi connectivity index (χ3n) is 7.08. The van der Waals surface area contributed by atoms with Gasteiger partial charge in [0.1, 0.15) is 6.04 Å². The number of fused-ring (bicyclic) bond motifs is 1. The Bertz CT molecular complexity index is 782. The topological polar surface area (TPSA) is 122 Å². The first-order valence-electron chi connectivity index (χ1n) is 13.1. The number of amides is 4. The summed E-state index contributed by atoms with van der Waals surface area (Å²) in [6.45, 7) is 9.08. The van der Waals surface area contributed by atoms with Gasteiger partial charge in [-0.3, -0.25) is 19.2 Å². The van der Waals surface area contributed by atoms with E-state index in [2.05, 4.69) is 13.8 Å². The standard InChI is InChI=1S/C25H42N4O6/c1-16(2)10-11-27-14-22-28(19(23(27)31)12-17(3)4)24(32)20(13-21(26)30)35-29(22)25(33)34-15-18-8-6-5-7-9-18/h16-20,22H,5-15H2,1-4H3,(H2,26,30)/t19-,20+,22?/m0/s1. The Kier molecular flexibility index (Phi) is 9.38. The maximum Gasteiger partial charge on any atom is 0.436 e. The SMILES string of the molecule is CC(C)CCN1CC2N(C(=O)OCC3CCCCC3)O[C@H](CC(N)=O)C(=O)N2[C@@H](CC(C)C)C1=O. The summed E-state index contributed by atoms with van der Waals surface area (Å²) >= 11 is 0. The van der Waals surface area contributed by atoms with E-state index in [-0.39, 0.29) is 31.4 Å². The van der Waals surface area contributed by atoms with E-state index in [0.29, 0.717) is 24.8 Å². The van der Waals surface area contributed by atoms with Gasteiger partial charge in [-0.15, -0.1) is 0 Å². The first-order valence-corrected chi connectivity index (χ1v) is 13.1. The molecule has 0 aromatic carbocycles. The van der Waals surface area contributed by atoms with Crippen molar-refractivity contribution in [2.75, 3.05) is 19.7 Å². The van der Waals surface area contributed by atoms with Crippen LogP contribution in [0.25, 0.3) is 0 Å². The van der Waals surface area contributed by atoms with Gasteiger partial charge in [0.15, 0.2) is 12.3 Å². The highest BCUT2D eigenvalue weighted by molar-refractivity contribution is 5.94. The van der Waals surface area contributed by atoms with Crippen LogP contribution in [-0.4, -0.2) is 76.7 Å². The number of carbonyl (C=O) groups is 4. The van der Waals surface area contributed by atoms with Gasteiger partial charge in [0.05, 0.1) is 19.6 Å². The molecule has 2 N–H and O–H groups in total. The first kappa shape index (κ1) is 27.2. The molecule has 35 heavy (non-hydrogen) atoms. The molecule has 0 radical (unpaired) electrons. The molecule has 3 atom stereocenters. The van der Waals surface area contributed by atoms with Crippen molar-refractivity contribution < 1.29 is 28.8 Å². The van der Waals surface area contributed by atoms with E-state index < -0.39 is 36.2 Å². The van der Waals surface area contributed by atoms with Gasteiger partial charge < -0.3 is 20.3 Å². The lowest BCUT2D eigenvalue weighted by molar-refractivity contribution is -0.267. The molecule has 2 heterocycles. The molecule has 3 aliphatic rings. The van der Waals surface area contributed by atoms with Gasteiger partial charge in [0, 0.05) is 6.54 Å². The fraction of sp³-hybridized carbons (Fsp3) is 0.840. The Morgan fingerprint density at radius 3 is 2.34 bits per heavy atom. The molecule has 3 fully saturated rings. The zero-order chi connectivity index (χ0) is 25.7. The average molecular weight is 495 g/mol. The molecule has 0 aromatic heterocycles. The summed E-state index contributed by atoms with van der Waals surface area (Å²) in [6.07, 6.45) is 3.55. The number of nitrogens with two attached hydrogens (primary N) is 1. The fourth-order valence-corrected chi connectivity index (χ4v) is 5.17. The van der Waals surface area contributed by atoms with E-state index in [0.717, 1.165) is 37.2 Å². The highest BCUT2D eigenvalue weighted by Gasteiger charge is 2.53. The molecule has 10 heteroatoms. The maximum atomic E-state index is 13.5. The largest absolute Gasteiger partial charge is 0.448 e. The van der Waals surface area contributed by atoms with Gasteiger partial charge >= 0.3 is 6.09 Å². The molecule has 2 saturated heterocycles. The van der Waals surface area contributed by atoms with Crippen LogP contribution in [0.1, 0.15) is 79.1 Å². The molecular formula is C25H42N4O6. The van der Waals surface area contributed by atoms with Crippen molar-refractivity contribution in [3.8, 4) is 0 Å². The number of rotatable bonds is 9. The average Bonchev–Trinajstić information content (AvgIpc) is 2.79. The molecular weight excluding hydrogens is 452 g/mol. The summed E-state index contributed by atoms with van der Waals surface area (Å²) in [7, 11) is 0. The van der Waals surface area contributed by atoms with Gasteiger partial charge in [0.25, 0.3) is 5.91 Å². The van der Waals surface area contributed by atoms with Crippen molar-refractivity contribution in [2.24, 2.45) is 23.5 Å². The number of ether oxygens (including phenoxy) is 1. The smallest absolute Gasteiger partial charge is 0.436 e. The maximum absolute atomic E-state index is 13.5. The molecule has 1 aliphatic carbocycles. The van der Waals surface area contributed by atoms with Gasteiger partial charge in [-0.25, -0.2) is 4.79 Å². The summed E-state index contributed by atoms with van der Waals surface area (Å²) in [5.74, 6) is -0.524. The minimum Gasteiger partial charge on any atom is -0.448 e. The number of piperazine rings is 1. The van der Waals surface area contributed by atoms with Crippen LogP contribution in [-0.2, 0) is 24.0 Å². The lowest BCUT2D eigenvalue weighted by Crippen LogP contribution is -2.73. The Morgan fingerprint density at radius 1 is 1.06 bits per heavy atom. The molecule has 0 aromatic rings. The third-order valence-corrected chi connectivity index (χ3v) is 7.08. The van der Waals surface area contributed by atoms with E-state index in [1.165, 1.54) is 11.3 Å². The molecule has 0 bridgehead atoms. The highest BCUT2D eigenvalue weighted by Crippen LogP contribution is 2.32. The zero-order valence-electron chi connectivity index (χ0n) is 21.6. The summed E-state index contributed by atoms with van der Waals surface area (Å²) in [5.41, 5.74) is 5.36. The Balaban J connectivity index is 1.87. The van der Waals surface area contributed by atoms with Crippen molar-refractivity contribution in [3.05, 3.63) is 0 Å². The molecule has 0 spiro atoms. The number of nitrogens with zero attached hydrogens (tertiary/aromatic N) is 3. The van der Waals surface area contributed by atoms with E-state index in [1.807, 2.05) is 13.8 Å². The van der Waals surface area contributed by atoms with Crippen LogP contribution in [0.2, 0.25) is 0 Å². The summed E-state index contributed by atoms with van der Waals surface area (Å²) < 4.78 is 5.64. The van der Waals surface area contributed by atoms with Crippen molar-refractivity contribution in [3.63, 3.8) is 0 Å².